The van der Waals surface area contributed by atoms with Crippen LogP contribution in [0.5, 0.6) is 0 Å². The van der Waals surface area contributed by atoms with E-state index >= 15 is 0 Å². The number of nitrogens with one attached hydrogen (secondary N) is 2. The fraction of sp³-hybridized carbons (Fsp3) is 0.800. The lowest BCUT2D eigenvalue weighted by atomic mass is 10.2. The van der Waals surface area contributed by atoms with Crippen molar-refractivity contribution in [3.05, 3.63) is 17.5 Å². The summed E-state index contributed by atoms with van der Waals surface area (Å²) in [4.78, 5) is 6.96. The Morgan fingerprint density at radius 2 is 1.92 bits per heavy atom. The molecule has 0 aliphatic carbocycles. The molecule has 6 nitrogen and oxygen atoms in total. The molecule has 1 aliphatic rings. The molecule has 2 heterocycles. The Morgan fingerprint density at radius 3 is 2.54 bits per heavy atom. The van der Waals surface area contributed by atoms with Gasteiger partial charge < -0.3 is 15.5 Å². The Balaban J connectivity index is 1.61. The van der Waals surface area contributed by atoms with Crippen LogP contribution in [0.1, 0.15) is 50.4 Å². The summed E-state index contributed by atoms with van der Waals surface area (Å²) in [5.41, 5.74) is 2.31. The van der Waals surface area contributed by atoms with E-state index in [-0.39, 0.29) is 0 Å². The van der Waals surface area contributed by atoms with Crippen molar-refractivity contribution in [2.24, 2.45) is 10.9 Å². The molecule has 0 bridgehead atoms. The van der Waals surface area contributed by atoms with Crippen LogP contribution < -0.4 is 10.6 Å². The maximum atomic E-state index is 4.55. The van der Waals surface area contributed by atoms with Gasteiger partial charge in [-0.3, -0.25) is 9.67 Å². The Kier molecular flexibility index (Phi) is 8.95. The van der Waals surface area contributed by atoms with Gasteiger partial charge in [-0.05, 0) is 64.7 Å². The monoisotopic (exact) mass is 362 g/mol. The average Bonchev–Trinajstić information content (AvgIpc) is 2.81. The molecular weight excluding hydrogens is 324 g/mol. The van der Waals surface area contributed by atoms with Crippen LogP contribution in [0.4, 0.5) is 0 Å². The molecule has 1 fully saturated rings. The number of likely N-dealkylation sites (tertiary alicyclic amines) is 1. The lowest BCUT2D eigenvalue weighted by Crippen LogP contribution is -2.41. The number of nitrogens with zero attached hydrogens (tertiary/aromatic N) is 4. The molecule has 1 unspecified atom stereocenters. The third-order valence-corrected chi connectivity index (χ3v) is 5.07. The van der Waals surface area contributed by atoms with Crippen LogP contribution >= 0.6 is 0 Å². The average molecular weight is 363 g/mol. The SMILES string of the molecule is CN=C(NCCCN1CCCCCC1)NCC(C)Cn1nc(C)cc1C. The molecule has 1 atom stereocenters. The first kappa shape index (κ1) is 20.7. The molecule has 0 spiro atoms. The van der Waals surface area contributed by atoms with Crippen molar-refractivity contribution in [2.75, 3.05) is 39.8 Å². The zero-order valence-electron chi connectivity index (χ0n) is 17.2. The van der Waals surface area contributed by atoms with Gasteiger partial charge in [-0.1, -0.05) is 19.8 Å². The van der Waals surface area contributed by atoms with Crippen molar-refractivity contribution in [1.82, 2.24) is 25.3 Å². The van der Waals surface area contributed by atoms with Crippen molar-refractivity contribution >= 4 is 5.96 Å². The summed E-state index contributed by atoms with van der Waals surface area (Å²) in [7, 11) is 1.84. The van der Waals surface area contributed by atoms with E-state index in [0.29, 0.717) is 5.92 Å². The molecule has 1 aromatic rings. The van der Waals surface area contributed by atoms with Gasteiger partial charge in [0.25, 0.3) is 0 Å². The summed E-state index contributed by atoms with van der Waals surface area (Å²) < 4.78 is 2.10. The van der Waals surface area contributed by atoms with Crippen LogP contribution in [0, 0.1) is 19.8 Å². The Labute approximate surface area is 159 Å². The van der Waals surface area contributed by atoms with Gasteiger partial charge in [0, 0.05) is 32.4 Å². The quantitative estimate of drug-likeness (QED) is 0.424. The lowest BCUT2D eigenvalue weighted by molar-refractivity contribution is 0.282. The molecule has 0 radical (unpaired) electrons. The minimum absolute atomic E-state index is 0.489. The van der Waals surface area contributed by atoms with E-state index in [9.17, 15) is 0 Å². The third kappa shape index (κ3) is 7.36. The van der Waals surface area contributed by atoms with Gasteiger partial charge in [-0.2, -0.15) is 5.10 Å². The Morgan fingerprint density at radius 1 is 1.19 bits per heavy atom. The summed E-state index contributed by atoms with van der Waals surface area (Å²) in [5, 5.41) is 11.4. The molecule has 26 heavy (non-hydrogen) atoms. The first-order valence-electron chi connectivity index (χ1n) is 10.3. The van der Waals surface area contributed by atoms with Crippen LogP contribution in [0.3, 0.4) is 0 Å². The van der Waals surface area contributed by atoms with Gasteiger partial charge in [0.1, 0.15) is 0 Å². The second-order valence-corrected chi connectivity index (χ2v) is 7.70. The first-order chi connectivity index (χ1) is 12.6. The number of hydrogen-bond acceptors (Lipinski definition) is 3. The van der Waals surface area contributed by atoms with Crippen molar-refractivity contribution in [3.8, 4) is 0 Å². The van der Waals surface area contributed by atoms with Gasteiger partial charge in [-0.15, -0.1) is 0 Å². The van der Waals surface area contributed by atoms with Gasteiger partial charge in [0.05, 0.1) is 5.69 Å². The van der Waals surface area contributed by atoms with Gasteiger partial charge in [-0.25, -0.2) is 0 Å². The fourth-order valence-electron chi connectivity index (χ4n) is 3.58. The van der Waals surface area contributed by atoms with Gasteiger partial charge in [0.15, 0.2) is 5.96 Å². The third-order valence-electron chi connectivity index (χ3n) is 5.07. The molecule has 0 amide bonds. The number of aryl methyl sites for hydroxylation is 2. The minimum atomic E-state index is 0.489. The van der Waals surface area contributed by atoms with Crippen molar-refractivity contribution in [3.63, 3.8) is 0 Å². The smallest absolute Gasteiger partial charge is 0.190 e. The zero-order valence-corrected chi connectivity index (χ0v) is 17.2. The number of aliphatic imine (C=N–C) groups is 1. The maximum absolute atomic E-state index is 4.55. The van der Waals surface area contributed by atoms with Crippen LogP contribution in [0.15, 0.2) is 11.1 Å². The highest BCUT2D eigenvalue weighted by molar-refractivity contribution is 5.79. The highest BCUT2D eigenvalue weighted by Gasteiger charge is 2.10. The van der Waals surface area contributed by atoms with Gasteiger partial charge in [0.2, 0.25) is 0 Å². The Hall–Kier alpha value is -1.56. The number of guanidine groups is 1. The molecule has 6 heteroatoms. The van der Waals surface area contributed by atoms with E-state index in [1.54, 1.807) is 0 Å². The number of aromatic nitrogens is 2. The summed E-state index contributed by atoms with van der Waals surface area (Å²) in [6.45, 7) is 12.9. The normalized spacial score (nSPS) is 17.8. The first-order valence-corrected chi connectivity index (χ1v) is 10.3. The van der Waals surface area contributed by atoms with E-state index in [4.69, 9.17) is 0 Å². The lowest BCUT2D eigenvalue weighted by Gasteiger charge is -2.20. The van der Waals surface area contributed by atoms with E-state index in [1.807, 2.05) is 14.0 Å². The van der Waals surface area contributed by atoms with Crippen molar-refractivity contribution < 1.29 is 0 Å². The van der Waals surface area contributed by atoms with Crippen LogP contribution in [-0.4, -0.2) is 60.4 Å². The predicted octanol–water partition coefficient (Wildman–Crippen LogP) is 2.57. The van der Waals surface area contributed by atoms with E-state index in [0.717, 1.165) is 31.3 Å². The number of hydrogen-bond donors (Lipinski definition) is 2. The van der Waals surface area contributed by atoms with E-state index in [2.05, 4.69) is 50.2 Å². The molecule has 1 aliphatic heterocycles. The summed E-state index contributed by atoms with van der Waals surface area (Å²) in [5.74, 6) is 1.39. The topological polar surface area (TPSA) is 57.5 Å². The Bertz CT molecular complexity index is 542. The summed E-state index contributed by atoms with van der Waals surface area (Å²) in [6.07, 6.45) is 6.71. The largest absolute Gasteiger partial charge is 0.356 e. The summed E-state index contributed by atoms with van der Waals surface area (Å²) >= 11 is 0. The molecule has 1 aromatic heterocycles. The standard InChI is InChI=1S/C20H38N6/c1-17(16-26-19(3)14-18(2)24-26)15-23-20(21-4)22-10-9-13-25-11-7-5-6-8-12-25/h14,17H,5-13,15-16H2,1-4H3,(H2,21,22,23). The van der Waals surface area contributed by atoms with Crippen molar-refractivity contribution in [1.29, 1.82) is 0 Å². The highest BCUT2D eigenvalue weighted by Crippen LogP contribution is 2.09. The maximum Gasteiger partial charge on any atom is 0.190 e. The van der Waals surface area contributed by atoms with Crippen LogP contribution in [0.25, 0.3) is 0 Å². The molecular formula is C20H38N6. The highest BCUT2D eigenvalue weighted by atomic mass is 15.3. The van der Waals surface area contributed by atoms with Crippen LogP contribution in [0.2, 0.25) is 0 Å². The fourth-order valence-corrected chi connectivity index (χ4v) is 3.58. The molecule has 0 aromatic carbocycles. The molecule has 148 valence electrons. The molecule has 1 saturated heterocycles. The minimum Gasteiger partial charge on any atom is -0.356 e. The van der Waals surface area contributed by atoms with Crippen LogP contribution in [-0.2, 0) is 6.54 Å². The second-order valence-electron chi connectivity index (χ2n) is 7.70. The van der Waals surface area contributed by atoms with E-state index < -0.39 is 0 Å². The summed E-state index contributed by atoms with van der Waals surface area (Å²) in [6, 6.07) is 2.13. The number of rotatable bonds is 8. The van der Waals surface area contributed by atoms with Crippen molar-refractivity contribution in [2.45, 2.75) is 59.4 Å². The molecule has 0 saturated carbocycles. The van der Waals surface area contributed by atoms with Gasteiger partial charge >= 0.3 is 0 Å². The predicted molar refractivity (Wildman–Crippen MR) is 110 cm³/mol. The van der Waals surface area contributed by atoms with E-state index in [1.165, 1.54) is 57.4 Å². The molecule has 2 rings (SSSR count). The second kappa shape index (κ2) is 11.2. The molecule has 2 N–H and O–H groups in total. The zero-order chi connectivity index (χ0) is 18.8.